The van der Waals surface area contributed by atoms with Gasteiger partial charge in [-0.3, -0.25) is 0 Å². The predicted octanol–water partition coefficient (Wildman–Crippen LogP) is 5.28. The Morgan fingerprint density at radius 3 is 2.07 bits per heavy atom. The van der Waals surface area contributed by atoms with Gasteiger partial charge in [0.2, 0.25) is 0 Å². The van der Waals surface area contributed by atoms with Crippen molar-refractivity contribution in [3.8, 4) is 0 Å². The van der Waals surface area contributed by atoms with E-state index in [0.717, 1.165) is 25.2 Å². The Morgan fingerprint density at radius 1 is 1.07 bits per heavy atom. The molecule has 0 rings (SSSR count). The van der Waals surface area contributed by atoms with Gasteiger partial charge in [-0.05, 0) is 45.4 Å². The highest BCUT2D eigenvalue weighted by atomic mass is 14.1. The lowest BCUT2D eigenvalue weighted by Gasteiger charge is -2.10. The molecule has 0 saturated carbocycles. The third-order valence-corrected chi connectivity index (χ3v) is 2.52. The molecule has 0 saturated heterocycles. The molecule has 0 aromatic carbocycles. The van der Waals surface area contributed by atoms with Crippen molar-refractivity contribution in [2.75, 3.05) is 0 Å². The summed E-state index contributed by atoms with van der Waals surface area (Å²) < 4.78 is 0. The lowest BCUT2D eigenvalue weighted by molar-refractivity contribution is 0.585. The van der Waals surface area contributed by atoms with Gasteiger partial charge in [-0.25, -0.2) is 0 Å². The van der Waals surface area contributed by atoms with Gasteiger partial charge in [0.25, 0.3) is 0 Å². The summed E-state index contributed by atoms with van der Waals surface area (Å²) in [7, 11) is 0. The maximum absolute atomic E-state index is 4.10. The van der Waals surface area contributed by atoms with Crippen LogP contribution in [0.2, 0.25) is 0 Å². The van der Waals surface area contributed by atoms with Crippen molar-refractivity contribution in [3.63, 3.8) is 0 Å². The highest BCUT2D eigenvalue weighted by Gasteiger charge is 2.01. The van der Waals surface area contributed by atoms with E-state index in [0.29, 0.717) is 0 Å². The summed E-state index contributed by atoms with van der Waals surface area (Å²) in [6, 6.07) is 0. The summed E-state index contributed by atoms with van der Waals surface area (Å²) in [4.78, 5) is 0. The molecule has 0 aliphatic carbocycles. The fourth-order valence-corrected chi connectivity index (χ4v) is 1.35. The first kappa shape index (κ1) is 14.2. The maximum Gasteiger partial charge on any atom is -0.0247 e. The number of rotatable bonds is 7. The Morgan fingerprint density at radius 2 is 1.60 bits per heavy atom. The minimum atomic E-state index is 0.757. The quantitative estimate of drug-likeness (QED) is 0.392. The van der Waals surface area contributed by atoms with E-state index in [2.05, 4.69) is 46.9 Å². The molecule has 0 aliphatic heterocycles. The van der Waals surface area contributed by atoms with E-state index in [1.165, 1.54) is 23.1 Å². The van der Waals surface area contributed by atoms with Gasteiger partial charge in [0.15, 0.2) is 0 Å². The van der Waals surface area contributed by atoms with Crippen molar-refractivity contribution in [1.82, 2.24) is 0 Å². The molecule has 0 amide bonds. The molecule has 0 bridgehead atoms. The van der Waals surface area contributed by atoms with Gasteiger partial charge in [0.1, 0.15) is 0 Å². The third-order valence-electron chi connectivity index (χ3n) is 2.52. The molecule has 15 heavy (non-hydrogen) atoms. The van der Waals surface area contributed by atoms with Gasteiger partial charge in [-0.2, -0.15) is 0 Å². The first-order valence-electron chi connectivity index (χ1n) is 5.92. The zero-order valence-corrected chi connectivity index (χ0v) is 10.9. The Labute approximate surface area is 95.8 Å². The number of allylic oxidation sites excluding steroid dienone is 4. The van der Waals surface area contributed by atoms with Crippen LogP contribution >= 0.6 is 0 Å². The summed E-state index contributed by atoms with van der Waals surface area (Å²) in [6.45, 7) is 17.0. The van der Waals surface area contributed by atoms with Crippen LogP contribution in [-0.4, -0.2) is 0 Å². The molecule has 86 valence electrons. The average Bonchev–Trinajstić information content (AvgIpc) is 2.13. The standard InChI is InChI=1S/C15H26/c1-12(2)8-7-9-14(5)15(6)11-10-13(3)4/h8,13H,5-7,9-11H2,1-4H3. The fourth-order valence-electron chi connectivity index (χ4n) is 1.35. The Bertz CT molecular complexity index is 237. The van der Waals surface area contributed by atoms with Crippen LogP contribution in [-0.2, 0) is 0 Å². The van der Waals surface area contributed by atoms with E-state index in [9.17, 15) is 0 Å². The molecule has 0 aromatic heterocycles. The van der Waals surface area contributed by atoms with Crippen molar-refractivity contribution < 1.29 is 0 Å². The summed E-state index contributed by atoms with van der Waals surface area (Å²) in [5.41, 5.74) is 3.86. The van der Waals surface area contributed by atoms with Gasteiger partial charge < -0.3 is 0 Å². The fraction of sp³-hybridized carbons (Fsp3) is 0.600. The second-order valence-corrected chi connectivity index (χ2v) is 4.96. The zero-order valence-electron chi connectivity index (χ0n) is 10.9. The molecule has 0 atom stereocenters. The molecule has 0 heteroatoms. The van der Waals surface area contributed by atoms with Crippen molar-refractivity contribution in [3.05, 3.63) is 36.0 Å². The van der Waals surface area contributed by atoms with Gasteiger partial charge in [-0.15, -0.1) is 0 Å². The van der Waals surface area contributed by atoms with Crippen LogP contribution < -0.4 is 0 Å². The van der Waals surface area contributed by atoms with Gasteiger partial charge in [-0.1, -0.05) is 49.8 Å². The van der Waals surface area contributed by atoms with E-state index in [-0.39, 0.29) is 0 Å². The van der Waals surface area contributed by atoms with E-state index in [1.54, 1.807) is 0 Å². The number of hydrogen-bond acceptors (Lipinski definition) is 0. The Hall–Kier alpha value is -0.780. The van der Waals surface area contributed by atoms with Crippen molar-refractivity contribution in [2.45, 2.75) is 53.4 Å². The van der Waals surface area contributed by atoms with Crippen molar-refractivity contribution >= 4 is 0 Å². The van der Waals surface area contributed by atoms with Gasteiger partial charge >= 0.3 is 0 Å². The monoisotopic (exact) mass is 206 g/mol. The lowest BCUT2D eigenvalue weighted by atomic mass is 9.96. The summed E-state index contributed by atoms with van der Waals surface area (Å²) in [5.74, 6) is 0.757. The molecule has 0 heterocycles. The van der Waals surface area contributed by atoms with E-state index < -0.39 is 0 Å². The Balaban J connectivity index is 3.80. The molecule has 0 unspecified atom stereocenters. The average molecular weight is 206 g/mol. The van der Waals surface area contributed by atoms with Gasteiger partial charge in [0, 0.05) is 0 Å². The van der Waals surface area contributed by atoms with Crippen molar-refractivity contribution in [2.24, 2.45) is 5.92 Å². The lowest BCUT2D eigenvalue weighted by Crippen LogP contribution is -1.92. The van der Waals surface area contributed by atoms with Crippen LogP contribution in [0.1, 0.15) is 53.4 Å². The molecule has 0 spiro atoms. The van der Waals surface area contributed by atoms with Crippen LogP contribution in [0.15, 0.2) is 36.0 Å². The first-order valence-corrected chi connectivity index (χ1v) is 5.92. The second kappa shape index (κ2) is 7.50. The van der Waals surface area contributed by atoms with Crippen LogP contribution in [0, 0.1) is 5.92 Å². The van der Waals surface area contributed by atoms with Crippen LogP contribution in [0.3, 0.4) is 0 Å². The van der Waals surface area contributed by atoms with Crippen LogP contribution in [0.4, 0.5) is 0 Å². The molecule has 0 aromatic rings. The predicted molar refractivity (Wildman–Crippen MR) is 71.0 cm³/mol. The highest BCUT2D eigenvalue weighted by Crippen LogP contribution is 2.20. The molecule has 0 N–H and O–H groups in total. The minimum absolute atomic E-state index is 0.757. The molecular formula is C15H26. The highest BCUT2D eigenvalue weighted by molar-refractivity contribution is 5.25. The number of hydrogen-bond donors (Lipinski definition) is 0. The zero-order chi connectivity index (χ0) is 11.8. The van der Waals surface area contributed by atoms with Crippen LogP contribution in [0.5, 0.6) is 0 Å². The van der Waals surface area contributed by atoms with Gasteiger partial charge in [0.05, 0.1) is 0 Å². The minimum Gasteiger partial charge on any atom is -0.0956 e. The molecular weight excluding hydrogens is 180 g/mol. The summed E-state index contributed by atoms with van der Waals surface area (Å²) >= 11 is 0. The third kappa shape index (κ3) is 8.23. The van der Waals surface area contributed by atoms with Crippen molar-refractivity contribution in [1.29, 1.82) is 0 Å². The normalized spacial score (nSPS) is 10.2. The largest absolute Gasteiger partial charge is 0.0956 e. The summed E-state index contributed by atoms with van der Waals surface area (Å²) in [6.07, 6.45) is 6.75. The smallest absolute Gasteiger partial charge is 0.0247 e. The SMILES string of the molecule is C=C(CCC=C(C)C)C(=C)CCC(C)C. The van der Waals surface area contributed by atoms with E-state index >= 15 is 0 Å². The van der Waals surface area contributed by atoms with Crippen LogP contribution in [0.25, 0.3) is 0 Å². The molecule has 0 fully saturated rings. The topological polar surface area (TPSA) is 0 Å². The molecule has 0 radical (unpaired) electrons. The molecule has 0 aliphatic rings. The molecule has 0 nitrogen and oxygen atoms in total. The van der Waals surface area contributed by atoms with E-state index in [4.69, 9.17) is 0 Å². The first-order chi connectivity index (χ1) is 6.93. The summed E-state index contributed by atoms with van der Waals surface area (Å²) in [5, 5.41) is 0. The Kier molecular flexibility index (Phi) is 7.11. The van der Waals surface area contributed by atoms with E-state index in [1.807, 2.05) is 0 Å². The maximum atomic E-state index is 4.10. The second-order valence-electron chi connectivity index (χ2n) is 4.96.